The van der Waals surface area contributed by atoms with E-state index in [-0.39, 0.29) is 5.82 Å². The SMILES string of the molecule is NC(=O)c1nc2ccc(C=O)cc2[nH]1. The van der Waals surface area contributed by atoms with Gasteiger partial charge in [0.2, 0.25) is 0 Å². The molecule has 0 radical (unpaired) electrons. The number of carbonyl (C=O) groups excluding carboxylic acids is 2. The molecule has 0 aliphatic rings. The molecule has 0 aliphatic heterocycles. The number of H-pyrrole nitrogens is 1. The third kappa shape index (κ3) is 1.24. The highest BCUT2D eigenvalue weighted by Crippen LogP contribution is 2.12. The van der Waals surface area contributed by atoms with Crippen LogP contribution in [-0.2, 0) is 0 Å². The van der Waals surface area contributed by atoms with Gasteiger partial charge >= 0.3 is 0 Å². The summed E-state index contributed by atoms with van der Waals surface area (Å²) >= 11 is 0. The number of hydrogen-bond acceptors (Lipinski definition) is 3. The van der Waals surface area contributed by atoms with Gasteiger partial charge in [0.25, 0.3) is 5.91 Å². The summed E-state index contributed by atoms with van der Waals surface area (Å²) in [4.78, 5) is 27.9. The van der Waals surface area contributed by atoms with Gasteiger partial charge in [0.1, 0.15) is 6.29 Å². The van der Waals surface area contributed by atoms with E-state index in [1.165, 1.54) is 0 Å². The molecule has 1 amide bonds. The van der Waals surface area contributed by atoms with E-state index in [4.69, 9.17) is 5.73 Å². The molecule has 14 heavy (non-hydrogen) atoms. The molecule has 1 heterocycles. The number of nitrogens with two attached hydrogens (primary N) is 1. The highest BCUT2D eigenvalue weighted by Gasteiger charge is 2.07. The standard InChI is InChI=1S/C9H7N3O2/c10-8(14)9-11-6-2-1-5(4-13)3-7(6)12-9/h1-4H,(H2,10,14)(H,11,12). The first kappa shape index (κ1) is 8.43. The van der Waals surface area contributed by atoms with Crippen molar-refractivity contribution in [2.24, 2.45) is 5.73 Å². The summed E-state index contributed by atoms with van der Waals surface area (Å²) in [5.74, 6) is -0.517. The first-order chi connectivity index (χ1) is 6.70. The average molecular weight is 189 g/mol. The number of fused-ring (bicyclic) bond motifs is 1. The van der Waals surface area contributed by atoms with Crippen molar-refractivity contribution >= 4 is 23.2 Å². The molecule has 3 N–H and O–H groups in total. The zero-order valence-electron chi connectivity index (χ0n) is 7.15. The Morgan fingerprint density at radius 1 is 1.50 bits per heavy atom. The van der Waals surface area contributed by atoms with Crippen LogP contribution < -0.4 is 5.73 Å². The molecule has 0 saturated carbocycles. The van der Waals surface area contributed by atoms with E-state index in [0.29, 0.717) is 16.6 Å². The number of nitrogens with zero attached hydrogens (tertiary/aromatic N) is 1. The van der Waals surface area contributed by atoms with Crippen LogP contribution in [-0.4, -0.2) is 22.2 Å². The minimum absolute atomic E-state index is 0.100. The van der Waals surface area contributed by atoms with Crippen molar-refractivity contribution in [2.75, 3.05) is 0 Å². The predicted octanol–water partition coefficient (Wildman–Crippen LogP) is 0.474. The summed E-state index contributed by atoms with van der Waals surface area (Å²) in [6.07, 6.45) is 0.726. The third-order valence-electron chi connectivity index (χ3n) is 1.88. The van der Waals surface area contributed by atoms with Gasteiger partial charge in [0.05, 0.1) is 11.0 Å². The monoisotopic (exact) mass is 189 g/mol. The molecule has 0 bridgehead atoms. The van der Waals surface area contributed by atoms with Crippen LogP contribution in [0.4, 0.5) is 0 Å². The highest BCUT2D eigenvalue weighted by atomic mass is 16.1. The van der Waals surface area contributed by atoms with E-state index in [0.717, 1.165) is 6.29 Å². The van der Waals surface area contributed by atoms with Gasteiger partial charge in [-0.3, -0.25) is 9.59 Å². The van der Waals surface area contributed by atoms with E-state index >= 15 is 0 Å². The van der Waals surface area contributed by atoms with Crippen molar-refractivity contribution in [3.63, 3.8) is 0 Å². The second-order valence-electron chi connectivity index (χ2n) is 2.84. The highest BCUT2D eigenvalue weighted by molar-refractivity contribution is 5.94. The van der Waals surface area contributed by atoms with Gasteiger partial charge in [-0.1, -0.05) is 0 Å². The molecule has 5 nitrogen and oxygen atoms in total. The Balaban J connectivity index is 2.65. The van der Waals surface area contributed by atoms with Gasteiger partial charge < -0.3 is 10.7 Å². The fourth-order valence-corrected chi connectivity index (χ4v) is 1.22. The lowest BCUT2D eigenvalue weighted by Crippen LogP contribution is -2.12. The fourth-order valence-electron chi connectivity index (χ4n) is 1.22. The molecule has 0 unspecified atom stereocenters. The van der Waals surface area contributed by atoms with Gasteiger partial charge in [0.15, 0.2) is 5.82 Å². The molecule has 70 valence electrons. The Morgan fingerprint density at radius 2 is 2.29 bits per heavy atom. The Bertz CT molecular complexity index is 516. The van der Waals surface area contributed by atoms with Crippen LogP contribution in [0.1, 0.15) is 21.0 Å². The maximum atomic E-state index is 10.8. The van der Waals surface area contributed by atoms with Crippen molar-refractivity contribution in [2.45, 2.75) is 0 Å². The number of aromatic nitrogens is 2. The molecule has 2 aromatic rings. The van der Waals surface area contributed by atoms with E-state index in [1.807, 2.05) is 0 Å². The molecule has 0 atom stereocenters. The Labute approximate surface area is 78.9 Å². The van der Waals surface area contributed by atoms with Crippen LogP contribution in [0.25, 0.3) is 11.0 Å². The molecular weight excluding hydrogens is 182 g/mol. The predicted molar refractivity (Wildman–Crippen MR) is 50.0 cm³/mol. The lowest BCUT2D eigenvalue weighted by Gasteiger charge is -1.88. The zero-order chi connectivity index (χ0) is 10.1. The second kappa shape index (κ2) is 2.95. The number of primary amides is 1. The second-order valence-corrected chi connectivity index (χ2v) is 2.84. The maximum Gasteiger partial charge on any atom is 0.284 e. The van der Waals surface area contributed by atoms with Crippen LogP contribution in [0.3, 0.4) is 0 Å². The zero-order valence-corrected chi connectivity index (χ0v) is 7.15. The minimum Gasteiger partial charge on any atom is -0.363 e. The van der Waals surface area contributed by atoms with E-state index in [1.54, 1.807) is 18.2 Å². The van der Waals surface area contributed by atoms with E-state index in [9.17, 15) is 9.59 Å². The van der Waals surface area contributed by atoms with Crippen molar-refractivity contribution in [1.82, 2.24) is 9.97 Å². The normalized spacial score (nSPS) is 10.3. The smallest absolute Gasteiger partial charge is 0.284 e. The molecule has 5 heteroatoms. The van der Waals surface area contributed by atoms with E-state index < -0.39 is 5.91 Å². The average Bonchev–Trinajstić information content (AvgIpc) is 2.59. The summed E-state index contributed by atoms with van der Waals surface area (Å²) in [5.41, 5.74) is 6.81. The largest absolute Gasteiger partial charge is 0.363 e. The first-order valence-corrected chi connectivity index (χ1v) is 3.95. The number of benzene rings is 1. The van der Waals surface area contributed by atoms with Crippen molar-refractivity contribution in [3.05, 3.63) is 29.6 Å². The molecule has 1 aromatic heterocycles. The van der Waals surface area contributed by atoms with Gasteiger partial charge in [0, 0.05) is 5.56 Å². The topological polar surface area (TPSA) is 88.8 Å². The van der Waals surface area contributed by atoms with Gasteiger partial charge in [-0.05, 0) is 18.2 Å². The summed E-state index contributed by atoms with van der Waals surface area (Å²) in [6, 6.07) is 4.89. The fraction of sp³-hybridized carbons (Fsp3) is 0. The van der Waals surface area contributed by atoms with E-state index in [2.05, 4.69) is 9.97 Å². The van der Waals surface area contributed by atoms with Crippen LogP contribution >= 0.6 is 0 Å². The molecular formula is C9H7N3O2. The molecule has 1 aromatic carbocycles. The van der Waals surface area contributed by atoms with Crippen LogP contribution in [0.15, 0.2) is 18.2 Å². The first-order valence-electron chi connectivity index (χ1n) is 3.95. The number of nitrogens with one attached hydrogen (secondary N) is 1. The quantitative estimate of drug-likeness (QED) is 0.673. The Hall–Kier alpha value is -2.17. The molecule has 2 rings (SSSR count). The molecule has 0 saturated heterocycles. The molecule has 0 fully saturated rings. The minimum atomic E-state index is -0.617. The number of aromatic amines is 1. The summed E-state index contributed by atoms with van der Waals surface area (Å²) in [5, 5.41) is 0. The summed E-state index contributed by atoms with van der Waals surface area (Å²) in [6.45, 7) is 0. The van der Waals surface area contributed by atoms with Crippen molar-refractivity contribution in [1.29, 1.82) is 0 Å². The number of rotatable bonds is 2. The van der Waals surface area contributed by atoms with Gasteiger partial charge in [-0.25, -0.2) is 4.98 Å². The Morgan fingerprint density at radius 3 is 2.93 bits per heavy atom. The number of hydrogen-bond donors (Lipinski definition) is 2. The van der Waals surface area contributed by atoms with Crippen LogP contribution in [0.5, 0.6) is 0 Å². The molecule has 0 aliphatic carbocycles. The van der Waals surface area contributed by atoms with Gasteiger partial charge in [-0.2, -0.15) is 0 Å². The lowest BCUT2D eigenvalue weighted by atomic mass is 10.2. The third-order valence-corrected chi connectivity index (χ3v) is 1.88. The number of imidazole rings is 1. The van der Waals surface area contributed by atoms with Crippen LogP contribution in [0.2, 0.25) is 0 Å². The molecule has 0 spiro atoms. The lowest BCUT2D eigenvalue weighted by molar-refractivity contribution is 0.0991. The van der Waals surface area contributed by atoms with Gasteiger partial charge in [-0.15, -0.1) is 0 Å². The number of amides is 1. The maximum absolute atomic E-state index is 10.8. The number of aldehydes is 1. The van der Waals surface area contributed by atoms with Crippen molar-refractivity contribution in [3.8, 4) is 0 Å². The van der Waals surface area contributed by atoms with Crippen LogP contribution in [0, 0.1) is 0 Å². The Kier molecular flexibility index (Phi) is 1.78. The van der Waals surface area contributed by atoms with Crippen molar-refractivity contribution < 1.29 is 9.59 Å². The number of carbonyl (C=O) groups is 2. The summed E-state index contributed by atoms with van der Waals surface area (Å²) < 4.78 is 0. The summed E-state index contributed by atoms with van der Waals surface area (Å²) in [7, 11) is 0.